The van der Waals surface area contributed by atoms with Gasteiger partial charge in [0.25, 0.3) is 0 Å². The van der Waals surface area contributed by atoms with Gasteiger partial charge in [-0.15, -0.1) is 0 Å². The largest absolute Gasteiger partial charge is 0.342 e. The third kappa shape index (κ3) is 1.61. The van der Waals surface area contributed by atoms with Crippen molar-refractivity contribution >= 4 is 5.91 Å². The van der Waals surface area contributed by atoms with Crippen LogP contribution in [-0.4, -0.2) is 29.9 Å². The molecule has 0 radical (unpaired) electrons. The molecule has 2 aliphatic rings. The minimum atomic E-state index is 0.0579. The van der Waals surface area contributed by atoms with Crippen molar-refractivity contribution in [3.05, 3.63) is 12.2 Å². The third-order valence-electron chi connectivity index (χ3n) is 2.81. The van der Waals surface area contributed by atoms with E-state index in [1.807, 2.05) is 17.1 Å². The predicted molar refractivity (Wildman–Crippen MR) is 51.0 cm³/mol. The molecule has 2 unspecified atom stereocenters. The van der Waals surface area contributed by atoms with Crippen molar-refractivity contribution in [1.82, 2.24) is 4.90 Å². The number of rotatable bonds is 1. The van der Waals surface area contributed by atoms with Crippen LogP contribution in [0.25, 0.3) is 0 Å². The third-order valence-corrected chi connectivity index (χ3v) is 2.81. The summed E-state index contributed by atoms with van der Waals surface area (Å²) < 4.78 is 0. The first-order chi connectivity index (χ1) is 6.16. The molecule has 3 nitrogen and oxygen atoms in total. The topological polar surface area (TPSA) is 46.3 Å². The van der Waals surface area contributed by atoms with Gasteiger partial charge in [-0.3, -0.25) is 4.79 Å². The molecule has 1 aliphatic carbocycles. The molecular weight excluding hydrogens is 164 g/mol. The Morgan fingerprint density at radius 2 is 2.15 bits per heavy atom. The molecule has 1 heterocycles. The van der Waals surface area contributed by atoms with E-state index < -0.39 is 0 Å². The second-order valence-corrected chi connectivity index (χ2v) is 4.24. The van der Waals surface area contributed by atoms with Gasteiger partial charge >= 0.3 is 0 Å². The number of likely N-dealkylation sites (tertiary alicyclic amines) is 1. The molecule has 0 aromatic rings. The van der Waals surface area contributed by atoms with Crippen LogP contribution in [0.5, 0.6) is 0 Å². The Kier molecular flexibility index (Phi) is 2.12. The maximum atomic E-state index is 11.7. The average molecular weight is 180 g/mol. The Hall–Kier alpha value is -0.830. The Bertz CT molecular complexity index is 243. The SMILES string of the molecule is CC1CN(C(=O)C2C=CC(N)C2)C1. The molecule has 1 saturated heterocycles. The summed E-state index contributed by atoms with van der Waals surface area (Å²) in [7, 11) is 0. The van der Waals surface area contributed by atoms with Gasteiger partial charge < -0.3 is 10.6 Å². The lowest BCUT2D eigenvalue weighted by Gasteiger charge is -2.38. The van der Waals surface area contributed by atoms with Gasteiger partial charge in [0.1, 0.15) is 0 Å². The number of nitrogens with zero attached hydrogens (tertiary/aromatic N) is 1. The first-order valence-corrected chi connectivity index (χ1v) is 4.89. The zero-order valence-corrected chi connectivity index (χ0v) is 7.94. The lowest BCUT2D eigenvalue weighted by atomic mass is 9.98. The summed E-state index contributed by atoms with van der Waals surface area (Å²) in [4.78, 5) is 13.7. The first-order valence-electron chi connectivity index (χ1n) is 4.89. The van der Waals surface area contributed by atoms with Crippen molar-refractivity contribution in [2.75, 3.05) is 13.1 Å². The maximum absolute atomic E-state index is 11.7. The van der Waals surface area contributed by atoms with E-state index >= 15 is 0 Å². The highest BCUT2D eigenvalue weighted by molar-refractivity contribution is 5.81. The second-order valence-electron chi connectivity index (χ2n) is 4.24. The Morgan fingerprint density at radius 1 is 1.46 bits per heavy atom. The number of carbonyl (C=O) groups is 1. The van der Waals surface area contributed by atoms with Crippen LogP contribution in [0, 0.1) is 11.8 Å². The molecule has 0 spiro atoms. The molecule has 0 saturated carbocycles. The van der Waals surface area contributed by atoms with E-state index in [-0.39, 0.29) is 17.9 Å². The van der Waals surface area contributed by atoms with Crippen LogP contribution in [0.2, 0.25) is 0 Å². The molecule has 3 heteroatoms. The number of amides is 1. The minimum absolute atomic E-state index is 0.0579. The van der Waals surface area contributed by atoms with Crippen LogP contribution in [0.15, 0.2) is 12.2 Å². The summed E-state index contributed by atoms with van der Waals surface area (Å²) in [6.45, 7) is 4.02. The van der Waals surface area contributed by atoms with Crippen molar-refractivity contribution in [2.24, 2.45) is 17.6 Å². The molecule has 0 aromatic carbocycles. The summed E-state index contributed by atoms with van der Waals surface area (Å²) in [6.07, 6.45) is 4.69. The highest BCUT2D eigenvalue weighted by Crippen LogP contribution is 2.23. The van der Waals surface area contributed by atoms with Crippen molar-refractivity contribution in [1.29, 1.82) is 0 Å². The number of hydrogen-bond acceptors (Lipinski definition) is 2. The molecule has 1 fully saturated rings. The van der Waals surface area contributed by atoms with Crippen molar-refractivity contribution in [3.8, 4) is 0 Å². The van der Waals surface area contributed by atoms with Crippen molar-refractivity contribution < 1.29 is 4.79 Å². The lowest BCUT2D eigenvalue weighted by Crippen LogP contribution is -2.50. The van der Waals surface area contributed by atoms with Gasteiger partial charge in [0.05, 0.1) is 5.92 Å². The summed E-state index contributed by atoms with van der Waals surface area (Å²) in [6, 6.07) is 0.0904. The van der Waals surface area contributed by atoms with Gasteiger partial charge in [-0.25, -0.2) is 0 Å². The molecule has 13 heavy (non-hydrogen) atoms. The van der Waals surface area contributed by atoms with Gasteiger partial charge in [0.2, 0.25) is 5.91 Å². The molecule has 1 aliphatic heterocycles. The van der Waals surface area contributed by atoms with E-state index in [0.29, 0.717) is 5.92 Å². The van der Waals surface area contributed by atoms with Crippen molar-refractivity contribution in [3.63, 3.8) is 0 Å². The maximum Gasteiger partial charge on any atom is 0.229 e. The van der Waals surface area contributed by atoms with E-state index in [1.54, 1.807) is 0 Å². The molecule has 1 amide bonds. The minimum Gasteiger partial charge on any atom is -0.342 e. The smallest absolute Gasteiger partial charge is 0.229 e. The van der Waals surface area contributed by atoms with E-state index in [2.05, 4.69) is 6.92 Å². The van der Waals surface area contributed by atoms with E-state index in [1.165, 1.54) is 0 Å². The molecule has 2 rings (SSSR count). The van der Waals surface area contributed by atoms with E-state index in [4.69, 9.17) is 5.73 Å². The fourth-order valence-corrected chi connectivity index (χ4v) is 2.02. The Morgan fingerprint density at radius 3 is 2.62 bits per heavy atom. The number of hydrogen-bond donors (Lipinski definition) is 1. The van der Waals surface area contributed by atoms with Gasteiger partial charge in [-0.05, 0) is 12.3 Å². The van der Waals surface area contributed by atoms with Crippen LogP contribution in [0.4, 0.5) is 0 Å². The molecule has 2 atom stereocenters. The quantitative estimate of drug-likeness (QED) is 0.592. The van der Waals surface area contributed by atoms with Gasteiger partial charge in [0, 0.05) is 19.1 Å². The number of nitrogens with two attached hydrogens (primary N) is 1. The molecule has 2 N–H and O–H groups in total. The zero-order valence-electron chi connectivity index (χ0n) is 7.94. The molecule has 0 bridgehead atoms. The normalized spacial score (nSPS) is 33.5. The highest BCUT2D eigenvalue weighted by Gasteiger charge is 2.32. The van der Waals surface area contributed by atoms with E-state index in [0.717, 1.165) is 19.5 Å². The fraction of sp³-hybridized carbons (Fsp3) is 0.700. The van der Waals surface area contributed by atoms with Crippen LogP contribution < -0.4 is 5.73 Å². The second kappa shape index (κ2) is 3.14. The van der Waals surface area contributed by atoms with Crippen LogP contribution in [0.3, 0.4) is 0 Å². The van der Waals surface area contributed by atoms with Crippen molar-refractivity contribution in [2.45, 2.75) is 19.4 Å². The first kappa shape index (κ1) is 8.75. The Labute approximate surface area is 78.6 Å². The molecule has 72 valence electrons. The van der Waals surface area contributed by atoms with Gasteiger partial charge in [-0.1, -0.05) is 19.1 Å². The summed E-state index contributed by atoms with van der Waals surface area (Å²) >= 11 is 0. The Balaban J connectivity index is 1.88. The fourth-order valence-electron chi connectivity index (χ4n) is 2.02. The molecular formula is C10H16N2O. The van der Waals surface area contributed by atoms with Crippen LogP contribution in [0.1, 0.15) is 13.3 Å². The summed E-state index contributed by atoms with van der Waals surface area (Å²) in [5.74, 6) is 1.01. The monoisotopic (exact) mass is 180 g/mol. The van der Waals surface area contributed by atoms with Crippen LogP contribution >= 0.6 is 0 Å². The zero-order chi connectivity index (χ0) is 9.42. The summed E-state index contributed by atoms with van der Waals surface area (Å²) in [5, 5.41) is 0. The average Bonchev–Trinajstić information content (AvgIpc) is 2.45. The van der Waals surface area contributed by atoms with Gasteiger partial charge in [0.15, 0.2) is 0 Å². The standard InChI is InChI=1S/C10H16N2O/c1-7-5-12(6-7)10(13)8-2-3-9(11)4-8/h2-3,7-9H,4-6,11H2,1H3. The lowest BCUT2D eigenvalue weighted by molar-refractivity contribution is -0.140. The summed E-state index contributed by atoms with van der Waals surface area (Å²) in [5.41, 5.74) is 5.69. The highest BCUT2D eigenvalue weighted by atomic mass is 16.2. The van der Waals surface area contributed by atoms with E-state index in [9.17, 15) is 4.79 Å². The predicted octanol–water partition coefficient (Wildman–Crippen LogP) is 0.368. The van der Waals surface area contributed by atoms with Crippen LogP contribution in [-0.2, 0) is 4.79 Å². The van der Waals surface area contributed by atoms with Gasteiger partial charge in [-0.2, -0.15) is 0 Å². The number of carbonyl (C=O) groups excluding carboxylic acids is 1. The molecule has 0 aromatic heterocycles.